The topological polar surface area (TPSA) is 99.1 Å². The maximum atomic E-state index is 9.86. The minimum atomic E-state index is -0.870. The zero-order valence-corrected chi connectivity index (χ0v) is 29.3. The standard InChI is InChI=1S/C46H35N3O3/c1-46(2)42(41(30-49)45(52-46)38(28-47)29-48)27-12-31-10-13-32(14-11-31)33-15-17-35(18-16-33)43(34-8-6-5-7-9-34)44(36-19-23-39(50-3)24-20-36)37-21-25-40(51-4)26-22-37/h5-27H,1-4H3/b27-12+. The highest BCUT2D eigenvalue weighted by atomic mass is 16.5. The lowest BCUT2D eigenvalue weighted by Gasteiger charge is -2.20. The molecule has 0 N–H and O–H groups in total. The third-order valence-electron chi connectivity index (χ3n) is 8.99. The van der Waals surface area contributed by atoms with Crippen LogP contribution < -0.4 is 9.47 Å². The summed E-state index contributed by atoms with van der Waals surface area (Å²) in [6.07, 6.45) is 3.73. The molecule has 0 saturated heterocycles. The van der Waals surface area contributed by atoms with Crippen molar-refractivity contribution in [1.82, 2.24) is 0 Å². The van der Waals surface area contributed by atoms with Crippen LogP contribution in [0.15, 0.2) is 156 Å². The van der Waals surface area contributed by atoms with Gasteiger partial charge in [0.05, 0.1) is 14.2 Å². The summed E-state index contributed by atoms with van der Waals surface area (Å²) in [5.74, 6) is 1.61. The van der Waals surface area contributed by atoms with Gasteiger partial charge in [0.2, 0.25) is 0 Å². The van der Waals surface area contributed by atoms with E-state index in [-0.39, 0.29) is 16.9 Å². The van der Waals surface area contributed by atoms with Crippen LogP contribution in [0.5, 0.6) is 11.5 Å². The first kappa shape index (κ1) is 34.8. The van der Waals surface area contributed by atoms with Gasteiger partial charge in [0.25, 0.3) is 0 Å². The van der Waals surface area contributed by atoms with Crippen LogP contribution in [0.2, 0.25) is 0 Å². The molecule has 0 radical (unpaired) electrons. The Balaban J connectivity index is 1.37. The number of methoxy groups -OCH3 is 2. The Morgan fingerprint density at radius 1 is 0.577 bits per heavy atom. The van der Waals surface area contributed by atoms with Crippen LogP contribution in [0.3, 0.4) is 0 Å². The summed E-state index contributed by atoms with van der Waals surface area (Å²) in [7, 11) is 3.34. The van der Waals surface area contributed by atoms with E-state index in [0.717, 1.165) is 61.6 Å². The molecule has 0 saturated carbocycles. The highest BCUT2D eigenvalue weighted by Crippen LogP contribution is 2.41. The Kier molecular flexibility index (Phi) is 10.2. The fourth-order valence-corrected chi connectivity index (χ4v) is 6.31. The van der Waals surface area contributed by atoms with Crippen molar-refractivity contribution in [3.63, 3.8) is 0 Å². The summed E-state index contributed by atoms with van der Waals surface area (Å²) in [5.41, 5.74) is 9.25. The van der Waals surface area contributed by atoms with Crippen LogP contribution in [0.4, 0.5) is 0 Å². The van der Waals surface area contributed by atoms with E-state index < -0.39 is 5.60 Å². The van der Waals surface area contributed by atoms with E-state index in [9.17, 15) is 15.8 Å². The summed E-state index contributed by atoms with van der Waals surface area (Å²) < 4.78 is 16.8. The van der Waals surface area contributed by atoms with E-state index in [1.807, 2.05) is 80.6 Å². The summed E-state index contributed by atoms with van der Waals surface area (Å²) in [6.45, 7) is 3.62. The second-order valence-electron chi connectivity index (χ2n) is 12.5. The molecule has 0 aliphatic carbocycles. The van der Waals surface area contributed by atoms with E-state index in [1.54, 1.807) is 14.2 Å². The van der Waals surface area contributed by atoms with E-state index in [1.165, 1.54) is 0 Å². The molecule has 5 aromatic carbocycles. The molecule has 1 aliphatic rings. The van der Waals surface area contributed by atoms with Crippen molar-refractivity contribution in [1.29, 1.82) is 15.8 Å². The Labute approximate surface area is 304 Å². The average molecular weight is 678 g/mol. The van der Waals surface area contributed by atoms with Gasteiger partial charge in [-0.05, 0) is 88.2 Å². The second-order valence-corrected chi connectivity index (χ2v) is 12.5. The molecule has 1 aliphatic heterocycles. The van der Waals surface area contributed by atoms with Gasteiger partial charge in [0.1, 0.15) is 40.9 Å². The van der Waals surface area contributed by atoms with Gasteiger partial charge in [0, 0.05) is 5.57 Å². The number of hydrogen-bond acceptors (Lipinski definition) is 6. The first-order valence-corrected chi connectivity index (χ1v) is 16.7. The van der Waals surface area contributed by atoms with Crippen molar-refractivity contribution in [3.8, 4) is 40.8 Å². The fraction of sp³-hybridized carbons (Fsp3) is 0.109. The molecule has 0 amide bonds. The van der Waals surface area contributed by atoms with Gasteiger partial charge in [-0.15, -0.1) is 0 Å². The molecule has 1 heterocycles. The third kappa shape index (κ3) is 7.12. The van der Waals surface area contributed by atoms with Gasteiger partial charge in [-0.3, -0.25) is 0 Å². The van der Waals surface area contributed by atoms with Crippen LogP contribution in [0, 0.1) is 34.0 Å². The first-order chi connectivity index (χ1) is 25.3. The number of allylic oxidation sites excluding steroid dienone is 2. The lowest BCUT2D eigenvalue weighted by atomic mass is 9.85. The summed E-state index contributed by atoms with van der Waals surface area (Å²) in [5, 5.41) is 28.6. The SMILES string of the molecule is COc1ccc(C(=C(c2ccccc2)c2ccc(-c3ccc(/C=C/C4=C(C#N)C(=C(C#N)C#N)OC4(C)C)cc3)cc2)c2ccc(OC)cc2)cc1. The summed E-state index contributed by atoms with van der Waals surface area (Å²) in [6, 6.07) is 49.3. The molecular formula is C46H35N3O3. The van der Waals surface area contributed by atoms with Crippen molar-refractivity contribution in [3.05, 3.63) is 184 Å². The molecule has 6 heteroatoms. The molecule has 0 atom stereocenters. The maximum Gasteiger partial charge on any atom is 0.172 e. The van der Waals surface area contributed by atoms with E-state index in [4.69, 9.17) is 14.2 Å². The predicted molar refractivity (Wildman–Crippen MR) is 204 cm³/mol. The molecule has 0 aromatic heterocycles. The Morgan fingerprint density at radius 2 is 1.02 bits per heavy atom. The van der Waals surface area contributed by atoms with Crippen molar-refractivity contribution >= 4 is 17.2 Å². The number of ether oxygens (including phenoxy) is 3. The minimum Gasteiger partial charge on any atom is -0.497 e. The molecule has 252 valence electrons. The number of nitrogens with zero attached hydrogens (tertiary/aromatic N) is 3. The van der Waals surface area contributed by atoms with Crippen molar-refractivity contribution < 1.29 is 14.2 Å². The van der Waals surface area contributed by atoms with Gasteiger partial charge < -0.3 is 14.2 Å². The normalized spacial score (nSPS) is 13.1. The zero-order valence-electron chi connectivity index (χ0n) is 29.3. The van der Waals surface area contributed by atoms with Crippen LogP contribution >= 0.6 is 0 Å². The Hall–Kier alpha value is -7.07. The predicted octanol–water partition coefficient (Wildman–Crippen LogP) is 10.3. The van der Waals surface area contributed by atoms with Gasteiger partial charge in [-0.25, -0.2) is 0 Å². The highest BCUT2D eigenvalue weighted by Gasteiger charge is 2.38. The van der Waals surface area contributed by atoms with Crippen LogP contribution in [-0.2, 0) is 4.74 Å². The number of nitriles is 3. The quantitative estimate of drug-likeness (QED) is 0.114. The van der Waals surface area contributed by atoms with E-state index in [0.29, 0.717) is 5.57 Å². The molecular weight excluding hydrogens is 643 g/mol. The maximum absolute atomic E-state index is 9.86. The largest absolute Gasteiger partial charge is 0.497 e. The van der Waals surface area contributed by atoms with Gasteiger partial charge in [0.15, 0.2) is 11.3 Å². The Bertz CT molecular complexity index is 2280. The molecule has 0 bridgehead atoms. The monoisotopic (exact) mass is 677 g/mol. The van der Waals surface area contributed by atoms with Crippen LogP contribution in [-0.4, -0.2) is 19.8 Å². The molecule has 0 unspecified atom stereocenters. The molecule has 0 spiro atoms. The van der Waals surface area contributed by atoms with Crippen molar-refractivity contribution in [2.45, 2.75) is 19.4 Å². The van der Waals surface area contributed by atoms with E-state index in [2.05, 4.69) is 91.0 Å². The number of benzene rings is 5. The van der Waals surface area contributed by atoms with E-state index >= 15 is 0 Å². The smallest absolute Gasteiger partial charge is 0.172 e. The molecule has 52 heavy (non-hydrogen) atoms. The van der Waals surface area contributed by atoms with Gasteiger partial charge >= 0.3 is 0 Å². The van der Waals surface area contributed by atoms with Gasteiger partial charge in [-0.1, -0.05) is 115 Å². The molecule has 6 nitrogen and oxygen atoms in total. The summed E-state index contributed by atoms with van der Waals surface area (Å²) >= 11 is 0. The van der Waals surface area contributed by atoms with Crippen LogP contribution in [0.25, 0.3) is 28.3 Å². The minimum absolute atomic E-state index is 0.0290. The number of hydrogen-bond donors (Lipinski definition) is 0. The number of rotatable bonds is 9. The Morgan fingerprint density at radius 3 is 1.46 bits per heavy atom. The highest BCUT2D eigenvalue weighted by molar-refractivity contribution is 6.04. The second kappa shape index (κ2) is 15.2. The zero-order chi connectivity index (χ0) is 36.7. The van der Waals surface area contributed by atoms with Crippen molar-refractivity contribution in [2.24, 2.45) is 0 Å². The molecule has 5 aromatic rings. The molecule has 0 fully saturated rings. The van der Waals surface area contributed by atoms with Gasteiger partial charge in [-0.2, -0.15) is 15.8 Å². The first-order valence-electron chi connectivity index (χ1n) is 16.7. The fourth-order valence-electron chi connectivity index (χ4n) is 6.31. The molecule has 6 rings (SSSR count). The summed E-state index contributed by atoms with van der Waals surface area (Å²) in [4.78, 5) is 0. The lowest BCUT2D eigenvalue weighted by Crippen LogP contribution is -2.20. The van der Waals surface area contributed by atoms with Crippen molar-refractivity contribution in [2.75, 3.05) is 14.2 Å². The van der Waals surface area contributed by atoms with Crippen LogP contribution in [0.1, 0.15) is 41.7 Å². The average Bonchev–Trinajstić information content (AvgIpc) is 3.45. The third-order valence-corrected chi connectivity index (χ3v) is 8.99. The lowest BCUT2D eigenvalue weighted by molar-refractivity contribution is 0.0954.